The van der Waals surface area contributed by atoms with Gasteiger partial charge in [0.2, 0.25) is 0 Å². The molecular formula is C14H20FNO. The number of hydrogen-bond donors (Lipinski definition) is 1. The monoisotopic (exact) mass is 237 g/mol. The molecule has 1 saturated heterocycles. The Balaban J connectivity index is 2.27. The van der Waals surface area contributed by atoms with Gasteiger partial charge in [-0.3, -0.25) is 0 Å². The quantitative estimate of drug-likeness (QED) is 0.873. The highest BCUT2D eigenvalue weighted by molar-refractivity contribution is 5.50. The van der Waals surface area contributed by atoms with Gasteiger partial charge >= 0.3 is 0 Å². The SMILES string of the molecule is CCC1CCCCN1c1cc(F)cc(CO)c1. The Morgan fingerprint density at radius 1 is 1.35 bits per heavy atom. The van der Waals surface area contributed by atoms with Crippen molar-refractivity contribution in [2.45, 2.75) is 45.3 Å². The predicted molar refractivity (Wildman–Crippen MR) is 67.6 cm³/mol. The Hall–Kier alpha value is -1.09. The number of hydrogen-bond acceptors (Lipinski definition) is 2. The maximum absolute atomic E-state index is 13.5. The molecule has 0 amide bonds. The van der Waals surface area contributed by atoms with Crippen LogP contribution >= 0.6 is 0 Å². The second-order valence-electron chi connectivity index (χ2n) is 4.73. The highest BCUT2D eigenvalue weighted by Gasteiger charge is 2.21. The normalized spacial score (nSPS) is 20.6. The molecule has 17 heavy (non-hydrogen) atoms. The van der Waals surface area contributed by atoms with Crippen LogP contribution in [0.1, 0.15) is 38.2 Å². The zero-order valence-electron chi connectivity index (χ0n) is 10.3. The topological polar surface area (TPSA) is 23.5 Å². The van der Waals surface area contributed by atoms with Crippen molar-refractivity contribution in [3.05, 3.63) is 29.6 Å². The van der Waals surface area contributed by atoms with E-state index in [4.69, 9.17) is 5.11 Å². The number of piperidine rings is 1. The van der Waals surface area contributed by atoms with Crippen LogP contribution in [0.5, 0.6) is 0 Å². The molecule has 1 aliphatic rings. The second kappa shape index (κ2) is 5.50. The molecule has 3 heteroatoms. The van der Waals surface area contributed by atoms with Crippen LogP contribution in [0.2, 0.25) is 0 Å². The summed E-state index contributed by atoms with van der Waals surface area (Å²) in [6, 6.07) is 5.38. The smallest absolute Gasteiger partial charge is 0.125 e. The maximum Gasteiger partial charge on any atom is 0.125 e. The van der Waals surface area contributed by atoms with E-state index >= 15 is 0 Å². The van der Waals surface area contributed by atoms with Gasteiger partial charge in [-0.1, -0.05) is 6.92 Å². The maximum atomic E-state index is 13.5. The molecule has 0 bridgehead atoms. The average Bonchev–Trinajstić information content (AvgIpc) is 2.37. The molecule has 0 aromatic heterocycles. The minimum absolute atomic E-state index is 0.102. The number of anilines is 1. The highest BCUT2D eigenvalue weighted by atomic mass is 19.1. The van der Waals surface area contributed by atoms with Crippen LogP contribution in [0, 0.1) is 5.82 Å². The summed E-state index contributed by atoms with van der Waals surface area (Å²) in [4.78, 5) is 2.28. The van der Waals surface area contributed by atoms with Crippen molar-refractivity contribution in [3.8, 4) is 0 Å². The zero-order chi connectivity index (χ0) is 12.3. The summed E-state index contributed by atoms with van der Waals surface area (Å²) in [6.45, 7) is 3.07. The Bertz CT molecular complexity index is 380. The van der Waals surface area contributed by atoms with E-state index in [1.807, 2.05) is 6.07 Å². The third-order valence-corrected chi connectivity index (χ3v) is 3.55. The van der Waals surface area contributed by atoms with Crippen molar-refractivity contribution in [3.63, 3.8) is 0 Å². The van der Waals surface area contributed by atoms with Gasteiger partial charge in [0.15, 0.2) is 0 Å². The van der Waals surface area contributed by atoms with Crippen molar-refractivity contribution in [1.29, 1.82) is 0 Å². The van der Waals surface area contributed by atoms with Crippen LogP contribution in [0.25, 0.3) is 0 Å². The first-order chi connectivity index (χ1) is 8.24. The highest BCUT2D eigenvalue weighted by Crippen LogP contribution is 2.28. The van der Waals surface area contributed by atoms with Gasteiger partial charge in [0.25, 0.3) is 0 Å². The molecule has 2 rings (SSSR count). The summed E-state index contributed by atoms with van der Waals surface area (Å²) in [5.41, 5.74) is 1.57. The van der Waals surface area contributed by atoms with Gasteiger partial charge < -0.3 is 10.0 Å². The van der Waals surface area contributed by atoms with Crippen LogP contribution in [0.4, 0.5) is 10.1 Å². The van der Waals surface area contributed by atoms with Gasteiger partial charge in [-0.2, -0.15) is 0 Å². The van der Waals surface area contributed by atoms with E-state index in [1.54, 1.807) is 6.07 Å². The summed E-state index contributed by atoms with van der Waals surface area (Å²) < 4.78 is 13.5. The lowest BCUT2D eigenvalue weighted by molar-refractivity contribution is 0.281. The fourth-order valence-corrected chi connectivity index (χ4v) is 2.66. The number of halogens is 1. The predicted octanol–water partition coefficient (Wildman–Crippen LogP) is 3.09. The third kappa shape index (κ3) is 2.78. The molecule has 0 aliphatic carbocycles. The van der Waals surface area contributed by atoms with Gasteiger partial charge in [0.05, 0.1) is 6.61 Å². The number of aliphatic hydroxyl groups excluding tert-OH is 1. The van der Waals surface area contributed by atoms with Gasteiger partial charge in [-0.05, 0) is 49.4 Å². The van der Waals surface area contributed by atoms with E-state index in [-0.39, 0.29) is 12.4 Å². The lowest BCUT2D eigenvalue weighted by Crippen LogP contribution is -2.39. The molecule has 2 nitrogen and oxygen atoms in total. The summed E-state index contributed by atoms with van der Waals surface area (Å²) in [6.07, 6.45) is 4.70. The van der Waals surface area contributed by atoms with Crippen molar-refractivity contribution >= 4 is 5.69 Å². The van der Waals surface area contributed by atoms with Crippen molar-refractivity contribution < 1.29 is 9.50 Å². The van der Waals surface area contributed by atoms with Crippen LogP contribution in [0.3, 0.4) is 0 Å². The van der Waals surface area contributed by atoms with Crippen LogP contribution in [-0.4, -0.2) is 17.7 Å². The lowest BCUT2D eigenvalue weighted by Gasteiger charge is -2.37. The molecule has 1 heterocycles. The summed E-state index contributed by atoms with van der Waals surface area (Å²) in [5.74, 6) is -0.257. The fourth-order valence-electron chi connectivity index (χ4n) is 2.66. The number of benzene rings is 1. The molecule has 1 fully saturated rings. The van der Waals surface area contributed by atoms with E-state index in [0.29, 0.717) is 11.6 Å². The molecule has 0 spiro atoms. The van der Waals surface area contributed by atoms with Crippen molar-refractivity contribution in [2.75, 3.05) is 11.4 Å². The summed E-state index contributed by atoms with van der Waals surface area (Å²) >= 11 is 0. The molecule has 94 valence electrons. The van der Waals surface area contributed by atoms with E-state index < -0.39 is 0 Å². The molecule has 1 unspecified atom stereocenters. The largest absolute Gasteiger partial charge is 0.392 e. The minimum Gasteiger partial charge on any atom is -0.392 e. The Kier molecular flexibility index (Phi) is 4.00. The van der Waals surface area contributed by atoms with Gasteiger partial charge in [0.1, 0.15) is 5.82 Å². The van der Waals surface area contributed by atoms with Gasteiger partial charge in [-0.25, -0.2) is 4.39 Å². The van der Waals surface area contributed by atoms with E-state index in [2.05, 4.69) is 11.8 Å². The van der Waals surface area contributed by atoms with Crippen LogP contribution < -0.4 is 4.90 Å². The molecular weight excluding hydrogens is 217 g/mol. The Morgan fingerprint density at radius 2 is 2.18 bits per heavy atom. The zero-order valence-corrected chi connectivity index (χ0v) is 10.3. The summed E-state index contributed by atoms with van der Waals surface area (Å²) in [5, 5.41) is 9.12. The Labute approximate surface area is 102 Å². The van der Waals surface area contributed by atoms with Crippen LogP contribution in [0.15, 0.2) is 18.2 Å². The molecule has 1 aliphatic heterocycles. The second-order valence-corrected chi connectivity index (χ2v) is 4.73. The lowest BCUT2D eigenvalue weighted by atomic mass is 9.99. The molecule has 0 saturated carbocycles. The van der Waals surface area contributed by atoms with E-state index in [9.17, 15) is 4.39 Å². The number of rotatable bonds is 3. The minimum atomic E-state index is -0.257. The standard InChI is InChI=1S/C14H20FNO/c1-2-13-5-3-4-6-16(13)14-8-11(10-17)7-12(15)9-14/h7-9,13,17H,2-6,10H2,1H3. The number of aliphatic hydroxyl groups is 1. The first kappa shape index (κ1) is 12.4. The third-order valence-electron chi connectivity index (χ3n) is 3.55. The van der Waals surface area contributed by atoms with Gasteiger partial charge in [-0.15, -0.1) is 0 Å². The molecule has 1 aromatic carbocycles. The summed E-state index contributed by atoms with van der Waals surface area (Å²) in [7, 11) is 0. The van der Waals surface area contributed by atoms with Crippen LogP contribution in [-0.2, 0) is 6.61 Å². The molecule has 0 radical (unpaired) electrons. The van der Waals surface area contributed by atoms with Gasteiger partial charge in [0, 0.05) is 18.3 Å². The van der Waals surface area contributed by atoms with E-state index in [1.165, 1.54) is 25.3 Å². The molecule has 1 N–H and O–H groups in total. The average molecular weight is 237 g/mol. The fraction of sp³-hybridized carbons (Fsp3) is 0.571. The molecule has 1 aromatic rings. The van der Waals surface area contributed by atoms with Crippen molar-refractivity contribution in [2.24, 2.45) is 0 Å². The first-order valence-corrected chi connectivity index (χ1v) is 6.41. The number of nitrogens with zero attached hydrogens (tertiary/aromatic N) is 1. The Morgan fingerprint density at radius 3 is 2.88 bits per heavy atom. The molecule has 1 atom stereocenters. The van der Waals surface area contributed by atoms with E-state index in [0.717, 1.165) is 18.7 Å². The first-order valence-electron chi connectivity index (χ1n) is 6.41. The van der Waals surface area contributed by atoms with Crippen molar-refractivity contribution in [1.82, 2.24) is 0 Å².